The first-order chi connectivity index (χ1) is 8.84. The van der Waals surface area contributed by atoms with Crippen LogP contribution in [-0.2, 0) is 5.41 Å². The van der Waals surface area contributed by atoms with Crippen molar-refractivity contribution >= 4 is 21.8 Å². The molecule has 1 aliphatic rings. The molecular formula is C13H18N4S. The van der Waals surface area contributed by atoms with Gasteiger partial charge in [0.15, 0.2) is 10.5 Å². The fourth-order valence-electron chi connectivity index (χ4n) is 2.81. The molecule has 0 spiro atoms. The zero-order valence-electron chi connectivity index (χ0n) is 10.4. The van der Waals surface area contributed by atoms with Gasteiger partial charge in [-0.25, -0.2) is 15.0 Å². The Labute approximate surface area is 111 Å². The molecule has 1 aliphatic carbocycles. The van der Waals surface area contributed by atoms with Crippen LogP contribution in [0.2, 0.25) is 0 Å². The molecule has 5 heteroatoms. The summed E-state index contributed by atoms with van der Waals surface area (Å²) in [6.07, 6.45) is 10.9. The molecule has 0 amide bonds. The number of fused-ring (bicyclic) bond motifs is 1. The Bertz CT molecular complexity index is 496. The van der Waals surface area contributed by atoms with Crippen molar-refractivity contribution in [3.8, 4) is 0 Å². The van der Waals surface area contributed by atoms with Crippen LogP contribution in [0.1, 0.15) is 43.5 Å². The van der Waals surface area contributed by atoms with E-state index in [2.05, 4.69) is 15.0 Å². The van der Waals surface area contributed by atoms with E-state index in [1.807, 2.05) is 0 Å². The minimum atomic E-state index is 0.0730. The minimum Gasteiger partial charge on any atom is -0.329 e. The SMILES string of the molecule is NCC1(c2nc3nccnc3s2)CCCCCC1. The van der Waals surface area contributed by atoms with Gasteiger partial charge in [-0.3, -0.25) is 0 Å². The predicted molar refractivity (Wildman–Crippen MR) is 73.6 cm³/mol. The van der Waals surface area contributed by atoms with Crippen molar-refractivity contribution in [2.75, 3.05) is 6.54 Å². The zero-order chi connectivity index (χ0) is 12.4. The summed E-state index contributed by atoms with van der Waals surface area (Å²) in [7, 11) is 0. The van der Waals surface area contributed by atoms with Crippen molar-refractivity contribution in [3.05, 3.63) is 17.4 Å². The predicted octanol–water partition coefficient (Wildman–Crippen LogP) is 2.64. The summed E-state index contributed by atoms with van der Waals surface area (Å²) in [5.41, 5.74) is 6.93. The van der Waals surface area contributed by atoms with Gasteiger partial charge < -0.3 is 5.73 Å². The van der Waals surface area contributed by atoms with Gasteiger partial charge in [-0.05, 0) is 12.8 Å². The van der Waals surface area contributed by atoms with Crippen LogP contribution in [-0.4, -0.2) is 21.5 Å². The van der Waals surface area contributed by atoms with Crippen LogP contribution >= 0.6 is 11.3 Å². The summed E-state index contributed by atoms with van der Waals surface area (Å²) >= 11 is 1.67. The Hall–Kier alpha value is -1.07. The van der Waals surface area contributed by atoms with E-state index in [1.54, 1.807) is 23.7 Å². The number of rotatable bonds is 2. The molecule has 0 aromatic carbocycles. The van der Waals surface area contributed by atoms with Crippen LogP contribution in [0.3, 0.4) is 0 Å². The molecule has 2 aromatic heterocycles. The smallest absolute Gasteiger partial charge is 0.189 e. The highest BCUT2D eigenvalue weighted by Gasteiger charge is 2.34. The lowest BCUT2D eigenvalue weighted by Crippen LogP contribution is -2.34. The topological polar surface area (TPSA) is 64.7 Å². The molecule has 1 saturated carbocycles. The van der Waals surface area contributed by atoms with Crippen LogP contribution in [0.5, 0.6) is 0 Å². The number of aromatic nitrogens is 3. The van der Waals surface area contributed by atoms with E-state index in [1.165, 1.54) is 25.7 Å². The van der Waals surface area contributed by atoms with Gasteiger partial charge >= 0.3 is 0 Å². The van der Waals surface area contributed by atoms with Crippen molar-refractivity contribution in [3.63, 3.8) is 0 Å². The van der Waals surface area contributed by atoms with Crippen molar-refractivity contribution in [2.24, 2.45) is 5.73 Å². The first-order valence-electron chi connectivity index (χ1n) is 6.62. The average molecular weight is 262 g/mol. The molecule has 96 valence electrons. The van der Waals surface area contributed by atoms with Gasteiger partial charge in [0.25, 0.3) is 0 Å². The maximum Gasteiger partial charge on any atom is 0.189 e. The van der Waals surface area contributed by atoms with E-state index < -0.39 is 0 Å². The van der Waals surface area contributed by atoms with Crippen LogP contribution in [0.4, 0.5) is 0 Å². The van der Waals surface area contributed by atoms with Gasteiger partial charge in [0.1, 0.15) is 5.01 Å². The molecule has 4 nitrogen and oxygen atoms in total. The van der Waals surface area contributed by atoms with E-state index in [9.17, 15) is 0 Å². The fourth-order valence-corrected chi connectivity index (χ4v) is 3.94. The number of hydrogen-bond acceptors (Lipinski definition) is 5. The molecule has 1 fully saturated rings. The quantitative estimate of drug-likeness (QED) is 0.845. The second kappa shape index (κ2) is 4.90. The summed E-state index contributed by atoms with van der Waals surface area (Å²) in [6.45, 7) is 0.687. The highest BCUT2D eigenvalue weighted by atomic mass is 32.1. The third-order valence-corrected chi connectivity index (χ3v) is 5.15. The molecule has 2 aromatic rings. The molecule has 3 rings (SSSR count). The Balaban J connectivity index is 2.03. The highest BCUT2D eigenvalue weighted by molar-refractivity contribution is 7.18. The minimum absolute atomic E-state index is 0.0730. The fraction of sp³-hybridized carbons (Fsp3) is 0.615. The van der Waals surface area contributed by atoms with E-state index >= 15 is 0 Å². The summed E-state index contributed by atoms with van der Waals surface area (Å²) in [5, 5.41) is 1.15. The zero-order valence-corrected chi connectivity index (χ0v) is 11.2. The summed E-state index contributed by atoms with van der Waals surface area (Å²) in [6, 6.07) is 0. The van der Waals surface area contributed by atoms with E-state index in [4.69, 9.17) is 5.73 Å². The van der Waals surface area contributed by atoms with E-state index in [0.717, 1.165) is 28.3 Å². The molecular weight excluding hydrogens is 244 g/mol. The van der Waals surface area contributed by atoms with Gasteiger partial charge in [0, 0.05) is 24.4 Å². The molecule has 0 bridgehead atoms. The number of thiazole rings is 1. The second-order valence-electron chi connectivity index (χ2n) is 5.10. The summed E-state index contributed by atoms with van der Waals surface area (Å²) in [4.78, 5) is 14.2. The van der Waals surface area contributed by atoms with Crippen LogP contribution in [0, 0.1) is 0 Å². The number of hydrogen-bond donors (Lipinski definition) is 1. The van der Waals surface area contributed by atoms with Crippen LogP contribution < -0.4 is 5.73 Å². The van der Waals surface area contributed by atoms with Crippen molar-refractivity contribution < 1.29 is 0 Å². The third kappa shape index (κ3) is 2.01. The van der Waals surface area contributed by atoms with Crippen LogP contribution in [0.25, 0.3) is 10.5 Å². The second-order valence-corrected chi connectivity index (χ2v) is 6.08. The molecule has 0 saturated heterocycles. The maximum absolute atomic E-state index is 6.09. The normalized spacial score (nSPS) is 19.8. The largest absolute Gasteiger partial charge is 0.329 e. The van der Waals surface area contributed by atoms with Crippen molar-refractivity contribution in [1.82, 2.24) is 15.0 Å². The van der Waals surface area contributed by atoms with Gasteiger partial charge in [0.2, 0.25) is 0 Å². The maximum atomic E-state index is 6.09. The summed E-state index contributed by atoms with van der Waals surface area (Å²) in [5.74, 6) is 0. The first kappa shape index (κ1) is 12.0. The average Bonchev–Trinajstić information content (AvgIpc) is 2.70. The van der Waals surface area contributed by atoms with Crippen molar-refractivity contribution in [2.45, 2.75) is 43.9 Å². The lowest BCUT2D eigenvalue weighted by molar-refractivity contribution is 0.380. The standard InChI is InChI=1S/C13H18N4S/c14-9-13(5-3-1-2-4-6-13)12-17-10-11(18-12)16-8-7-15-10/h7-8H,1-6,9,14H2. The van der Waals surface area contributed by atoms with Gasteiger partial charge in [-0.1, -0.05) is 37.0 Å². The Morgan fingerprint density at radius 3 is 2.50 bits per heavy atom. The first-order valence-corrected chi connectivity index (χ1v) is 7.44. The van der Waals surface area contributed by atoms with Gasteiger partial charge in [0.05, 0.1) is 0 Å². The molecule has 2 N–H and O–H groups in total. The Morgan fingerprint density at radius 1 is 1.11 bits per heavy atom. The third-order valence-electron chi connectivity index (χ3n) is 3.95. The van der Waals surface area contributed by atoms with Gasteiger partial charge in [-0.2, -0.15) is 0 Å². The summed E-state index contributed by atoms with van der Waals surface area (Å²) < 4.78 is 0. The molecule has 18 heavy (non-hydrogen) atoms. The Kier molecular flexibility index (Phi) is 3.26. The number of nitrogens with zero attached hydrogens (tertiary/aromatic N) is 3. The lowest BCUT2D eigenvalue weighted by atomic mass is 9.81. The monoisotopic (exact) mass is 262 g/mol. The van der Waals surface area contributed by atoms with Crippen molar-refractivity contribution in [1.29, 1.82) is 0 Å². The molecule has 0 radical (unpaired) electrons. The van der Waals surface area contributed by atoms with E-state index in [-0.39, 0.29) is 5.41 Å². The van der Waals surface area contributed by atoms with Gasteiger partial charge in [-0.15, -0.1) is 0 Å². The molecule has 0 unspecified atom stereocenters. The number of nitrogens with two attached hydrogens (primary N) is 1. The van der Waals surface area contributed by atoms with Crippen LogP contribution in [0.15, 0.2) is 12.4 Å². The molecule has 0 aliphatic heterocycles. The van der Waals surface area contributed by atoms with E-state index in [0.29, 0.717) is 6.54 Å². The lowest BCUT2D eigenvalue weighted by Gasteiger charge is -2.28. The highest BCUT2D eigenvalue weighted by Crippen LogP contribution is 2.40. The molecule has 2 heterocycles. The Morgan fingerprint density at radius 2 is 1.83 bits per heavy atom. The molecule has 0 atom stereocenters.